The van der Waals surface area contributed by atoms with Crippen molar-refractivity contribution < 1.29 is 14.7 Å². The van der Waals surface area contributed by atoms with E-state index in [9.17, 15) is 9.59 Å². The summed E-state index contributed by atoms with van der Waals surface area (Å²) in [6.07, 6.45) is 0.502. The van der Waals surface area contributed by atoms with E-state index in [1.54, 1.807) is 24.3 Å². The molecule has 0 aromatic heterocycles. The van der Waals surface area contributed by atoms with Crippen molar-refractivity contribution in [2.24, 2.45) is 5.41 Å². The van der Waals surface area contributed by atoms with E-state index in [1.807, 2.05) is 20.8 Å². The van der Waals surface area contributed by atoms with E-state index in [4.69, 9.17) is 5.11 Å². The lowest BCUT2D eigenvalue weighted by Gasteiger charge is -2.19. The van der Waals surface area contributed by atoms with Crippen LogP contribution in [0.3, 0.4) is 0 Å². The molecule has 0 radical (unpaired) electrons. The molecule has 1 aromatic carbocycles. The second-order valence-corrected chi connectivity index (χ2v) is 5.58. The molecule has 0 aliphatic carbocycles. The average Bonchev–Trinajstić information content (AvgIpc) is 2.38. The Morgan fingerprint density at radius 2 is 1.85 bits per heavy atom. The van der Waals surface area contributed by atoms with E-state index in [1.165, 1.54) is 0 Å². The standard InChI is InChI=1S/C15H22N2O3/c1-15(2,3)14(20)17-12-8-5-4-7-11(12)13(19)16-9-6-10-18/h4-5,7-8,18H,6,9-10H2,1-3H3,(H,16,19)(H,17,20). The number of benzene rings is 1. The monoisotopic (exact) mass is 278 g/mol. The summed E-state index contributed by atoms with van der Waals surface area (Å²) < 4.78 is 0. The van der Waals surface area contributed by atoms with Crippen molar-refractivity contribution in [1.82, 2.24) is 5.32 Å². The number of aliphatic hydroxyl groups excluding tert-OH is 1. The van der Waals surface area contributed by atoms with Crippen LogP contribution in [-0.2, 0) is 4.79 Å². The van der Waals surface area contributed by atoms with Gasteiger partial charge in [0.25, 0.3) is 5.91 Å². The predicted molar refractivity (Wildman–Crippen MR) is 78.6 cm³/mol. The second-order valence-electron chi connectivity index (χ2n) is 5.58. The Labute approximate surface area is 119 Å². The summed E-state index contributed by atoms with van der Waals surface area (Å²) in [5.74, 6) is -0.406. The average molecular weight is 278 g/mol. The van der Waals surface area contributed by atoms with Crippen LogP contribution in [-0.4, -0.2) is 30.1 Å². The van der Waals surface area contributed by atoms with Crippen molar-refractivity contribution in [2.45, 2.75) is 27.2 Å². The molecule has 1 aromatic rings. The molecule has 0 aliphatic heterocycles. The van der Waals surface area contributed by atoms with E-state index in [2.05, 4.69) is 10.6 Å². The Morgan fingerprint density at radius 1 is 1.20 bits per heavy atom. The molecule has 0 saturated carbocycles. The normalized spacial score (nSPS) is 11.0. The maximum absolute atomic E-state index is 12.0. The van der Waals surface area contributed by atoms with Gasteiger partial charge in [0.1, 0.15) is 0 Å². The molecular formula is C15H22N2O3. The maximum Gasteiger partial charge on any atom is 0.253 e. The van der Waals surface area contributed by atoms with Crippen LogP contribution in [0.4, 0.5) is 5.69 Å². The fourth-order valence-corrected chi connectivity index (χ4v) is 1.48. The van der Waals surface area contributed by atoms with Gasteiger partial charge >= 0.3 is 0 Å². The van der Waals surface area contributed by atoms with Crippen molar-refractivity contribution in [1.29, 1.82) is 0 Å². The fourth-order valence-electron chi connectivity index (χ4n) is 1.48. The number of rotatable bonds is 5. The predicted octanol–water partition coefficient (Wildman–Crippen LogP) is 1.78. The van der Waals surface area contributed by atoms with Gasteiger partial charge in [0.15, 0.2) is 0 Å². The van der Waals surface area contributed by atoms with E-state index < -0.39 is 5.41 Å². The molecule has 0 atom stereocenters. The van der Waals surface area contributed by atoms with E-state index >= 15 is 0 Å². The number of carbonyl (C=O) groups excluding carboxylic acids is 2. The smallest absolute Gasteiger partial charge is 0.253 e. The number of carbonyl (C=O) groups is 2. The lowest BCUT2D eigenvalue weighted by Crippen LogP contribution is -2.30. The van der Waals surface area contributed by atoms with Gasteiger partial charge in [0.05, 0.1) is 11.3 Å². The second kappa shape index (κ2) is 7.05. The van der Waals surface area contributed by atoms with E-state index in [0.717, 1.165) is 0 Å². The van der Waals surface area contributed by atoms with E-state index in [-0.39, 0.29) is 18.4 Å². The van der Waals surface area contributed by atoms with Crippen molar-refractivity contribution in [3.05, 3.63) is 29.8 Å². The van der Waals surface area contributed by atoms with Gasteiger partial charge in [-0.25, -0.2) is 0 Å². The summed E-state index contributed by atoms with van der Waals surface area (Å²) >= 11 is 0. The minimum absolute atomic E-state index is 0.0304. The molecule has 110 valence electrons. The zero-order chi connectivity index (χ0) is 15.2. The molecule has 1 rings (SSSR count). The third kappa shape index (κ3) is 4.66. The summed E-state index contributed by atoms with van der Waals surface area (Å²) in [6, 6.07) is 6.87. The van der Waals surface area contributed by atoms with Crippen LogP contribution >= 0.6 is 0 Å². The highest BCUT2D eigenvalue weighted by Crippen LogP contribution is 2.20. The highest BCUT2D eigenvalue weighted by atomic mass is 16.3. The first-order chi connectivity index (χ1) is 9.36. The Bertz CT molecular complexity index is 478. The van der Waals surface area contributed by atoms with Crippen LogP contribution in [0.5, 0.6) is 0 Å². The molecule has 0 unspecified atom stereocenters. The first-order valence-corrected chi connectivity index (χ1v) is 6.66. The van der Waals surface area contributed by atoms with E-state index in [0.29, 0.717) is 24.2 Å². The quantitative estimate of drug-likeness (QED) is 0.718. The first kappa shape index (κ1) is 16.2. The molecule has 3 N–H and O–H groups in total. The number of para-hydroxylation sites is 1. The highest BCUT2D eigenvalue weighted by molar-refractivity contribution is 6.04. The number of anilines is 1. The Kier molecular flexibility index (Phi) is 5.70. The first-order valence-electron chi connectivity index (χ1n) is 6.66. The summed E-state index contributed by atoms with van der Waals surface area (Å²) in [6.45, 7) is 5.87. The summed E-state index contributed by atoms with van der Waals surface area (Å²) in [5.41, 5.74) is 0.387. The molecule has 20 heavy (non-hydrogen) atoms. The molecule has 2 amide bonds. The van der Waals surface area contributed by atoms with Crippen molar-refractivity contribution in [3.8, 4) is 0 Å². The zero-order valence-electron chi connectivity index (χ0n) is 12.2. The van der Waals surface area contributed by atoms with Gasteiger partial charge in [-0.3, -0.25) is 9.59 Å². The van der Waals surface area contributed by atoms with Crippen LogP contribution in [0.2, 0.25) is 0 Å². The topological polar surface area (TPSA) is 78.4 Å². The highest BCUT2D eigenvalue weighted by Gasteiger charge is 2.22. The van der Waals surface area contributed by atoms with Crippen molar-refractivity contribution in [2.75, 3.05) is 18.5 Å². The lowest BCUT2D eigenvalue weighted by molar-refractivity contribution is -0.123. The van der Waals surface area contributed by atoms with Crippen LogP contribution in [0.25, 0.3) is 0 Å². The number of amides is 2. The lowest BCUT2D eigenvalue weighted by atomic mass is 9.95. The van der Waals surface area contributed by atoms with Gasteiger partial charge in [-0.05, 0) is 18.6 Å². The summed E-state index contributed by atoms with van der Waals surface area (Å²) in [7, 11) is 0. The fraction of sp³-hybridized carbons (Fsp3) is 0.467. The molecule has 0 saturated heterocycles. The Balaban J connectivity index is 2.83. The number of aliphatic hydroxyl groups is 1. The summed E-state index contributed by atoms with van der Waals surface area (Å²) in [5, 5.41) is 14.2. The van der Waals surface area contributed by atoms with Gasteiger partial charge in [0.2, 0.25) is 5.91 Å². The van der Waals surface area contributed by atoms with Gasteiger partial charge < -0.3 is 15.7 Å². The molecule has 5 nitrogen and oxygen atoms in total. The molecule has 0 aliphatic rings. The summed E-state index contributed by atoms with van der Waals surface area (Å²) in [4.78, 5) is 24.0. The minimum Gasteiger partial charge on any atom is -0.396 e. The van der Waals surface area contributed by atoms with Crippen LogP contribution < -0.4 is 10.6 Å². The Morgan fingerprint density at radius 3 is 2.45 bits per heavy atom. The molecule has 0 heterocycles. The minimum atomic E-state index is -0.527. The number of hydrogen-bond donors (Lipinski definition) is 3. The Hall–Kier alpha value is -1.88. The largest absolute Gasteiger partial charge is 0.396 e. The maximum atomic E-state index is 12.0. The molecular weight excluding hydrogens is 256 g/mol. The SMILES string of the molecule is CC(C)(C)C(=O)Nc1ccccc1C(=O)NCCCO. The third-order valence-electron chi connectivity index (χ3n) is 2.72. The molecule has 0 bridgehead atoms. The van der Waals surface area contributed by atoms with Crippen LogP contribution in [0.15, 0.2) is 24.3 Å². The molecule has 0 fully saturated rings. The third-order valence-corrected chi connectivity index (χ3v) is 2.72. The zero-order valence-corrected chi connectivity index (χ0v) is 12.2. The van der Waals surface area contributed by atoms with Gasteiger partial charge in [0, 0.05) is 18.6 Å². The van der Waals surface area contributed by atoms with Gasteiger partial charge in [-0.2, -0.15) is 0 Å². The number of nitrogens with one attached hydrogen (secondary N) is 2. The van der Waals surface area contributed by atoms with Gasteiger partial charge in [-0.15, -0.1) is 0 Å². The van der Waals surface area contributed by atoms with Crippen molar-refractivity contribution >= 4 is 17.5 Å². The number of hydrogen-bond acceptors (Lipinski definition) is 3. The van der Waals surface area contributed by atoms with Crippen LogP contribution in [0, 0.1) is 5.41 Å². The van der Waals surface area contributed by atoms with Crippen molar-refractivity contribution in [3.63, 3.8) is 0 Å². The molecule has 0 spiro atoms. The van der Waals surface area contributed by atoms with Gasteiger partial charge in [-0.1, -0.05) is 32.9 Å². The molecule has 5 heteroatoms. The van der Waals surface area contributed by atoms with Crippen LogP contribution in [0.1, 0.15) is 37.6 Å².